The summed E-state index contributed by atoms with van der Waals surface area (Å²) in [5.41, 5.74) is 8.40. The number of rotatable bonds is 4. The van der Waals surface area contributed by atoms with Crippen LogP contribution in [0.25, 0.3) is 5.70 Å². The van der Waals surface area contributed by atoms with E-state index >= 15 is 0 Å². The fourth-order valence-corrected chi connectivity index (χ4v) is 1.50. The number of pyridine rings is 2. The molecule has 0 saturated carbocycles. The van der Waals surface area contributed by atoms with Gasteiger partial charge in [-0.25, -0.2) is 0 Å². The molecule has 0 radical (unpaired) electrons. The molecule has 2 rings (SSSR count). The Hall–Kier alpha value is -2.42. The Bertz CT molecular complexity index is 530. The number of hydrogen-bond donors (Lipinski definition) is 1. The maximum atomic E-state index is 5.91. The smallest absolute Gasteiger partial charge is 0.0858 e. The zero-order valence-corrected chi connectivity index (χ0v) is 10.0. The quantitative estimate of drug-likeness (QED) is 0.831. The molecule has 0 aliphatic heterocycles. The normalized spacial score (nSPS) is 11.9. The molecule has 0 atom stereocenters. The van der Waals surface area contributed by atoms with E-state index in [1.807, 2.05) is 54.6 Å². The average molecular weight is 237 g/mol. The summed E-state index contributed by atoms with van der Waals surface area (Å²) in [6, 6.07) is 11.6. The molecule has 0 unspecified atom stereocenters. The molecule has 0 spiro atoms. The molecule has 0 amide bonds. The highest BCUT2D eigenvalue weighted by Gasteiger charge is 1.93. The molecule has 0 saturated heterocycles. The van der Waals surface area contributed by atoms with Gasteiger partial charge in [0, 0.05) is 24.5 Å². The Balaban J connectivity index is 1.95. The summed E-state index contributed by atoms with van der Waals surface area (Å²) < 4.78 is 0. The fraction of sp³-hybridized carbons (Fsp3) is 0.0667. The first-order chi connectivity index (χ1) is 8.86. The predicted molar refractivity (Wildman–Crippen MR) is 73.5 cm³/mol. The number of nitrogens with two attached hydrogens (primary N) is 1. The summed E-state index contributed by atoms with van der Waals surface area (Å²) in [7, 11) is 0. The van der Waals surface area contributed by atoms with Crippen LogP contribution in [0.1, 0.15) is 11.4 Å². The minimum Gasteiger partial charge on any atom is -0.397 e. The van der Waals surface area contributed by atoms with Gasteiger partial charge in [-0.15, -0.1) is 0 Å². The largest absolute Gasteiger partial charge is 0.397 e. The van der Waals surface area contributed by atoms with Gasteiger partial charge >= 0.3 is 0 Å². The average Bonchev–Trinajstić information content (AvgIpc) is 2.45. The summed E-state index contributed by atoms with van der Waals surface area (Å²) in [5.74, 6) is 0. The summed E-state index contributed by atoms with van der Waals surface area (Å²) in [6.07, 6.45) is 10.1. The van der Waals surface area contributed by atoms with E-state index in [1.165, 1.54) is 0 Å². The molecule has 2 aromatic heterocycles. The van der Waals surface area contributed by atoms with Crippen molar-refractivity contribution in [2.75, 3.05) is 0 Å². The molecule has 0 aliphatic carbocycles. The first-order valence-corrected chi connectivity index (χ1v) is 5.80. The molecular weight excluding hydrogens is 222 g/mol. The highest BCUT2D eigenvalue weighted by Crippen LogP contribution is 2.04. The van der Waals surface area contributed by atoms with Crippen molar-refractivity contribution in [2.45, 2.75) is 6.42 Å². The molecule has 0 bridgehead atoms. The van der Waals surface area contributed by atoms with Gasteiger partial charge in [-0.1, -0.05) is 24.3 Å². The lowest BCUT2D eigenvalue weighted by molar-refractivity contribution is 1.11. The van der Waals surface area contributed by atoms with Gasteiger partial charge in [-0.3, -0.25) is 9.97 Å². The first-order valence-electron chi connectivity index (χ1n) is 5.80. The van der Waals surface area contributed by atoms with Gasteiger partial charge in [0.1, 0.15) is 0 Å². The summed E-state index contributed by atoms with van der Waals surface area (Å²) in [4.78, 5) is 8.41. The lowest BCUT2D eigenvalue weighted by atomic mass is 10.2. The Morgan fingerprint density at radius 1 is 1.06 bits per heavy atom. The highest BCUT2D eigenvalue weighted by molar-refractivity contribution is 5.60. The van der Waals surface area contributed by atoms with Gasteiger partial charge in [0.2, 0.25) is 0 Å². The minimum atomic E-state index is 0.660. The van der Waals surface area contributed by atoms with Gasteiger partial charge in [0.25, 0.3) is 0 Å². The van der Waals surface area contributed by atoms with Crippen LogP contribution < -0.4 is 5.73 Å². The van der Waals surface area contributed by atoms with E-state index < -0.39 is 0 Å². The van der Waals surface area contributed by atoms with Crippen LogP contribution in [0.15, 0.2) is 67.0 Å². The lowest BCUT2D eigenvalue weighted by Crippen LogP contribution is -1.97. The van der Waals surface area contributed by atoms with Crippen LogP contribution >= 0.6 is 0 Å². The van der Waals surface area contributed by atoms with E-state index in [0.717, 1.165) is 17.8 Å². The van der Waals surface area contributed by atoms with Crippen LogP contribution in [0.5, 0.6) is 0 Å². The van der Waals surface area contributed by atoms with Crippen LogP contribution in [-0.2, 0) is 6.42 Å². The van der Waals surface area contributed by atoms with Gasteiger partial charge < -0.3 is 5.73 Å². The third-order valence-electron chi connectivity index (χ3n) is 2.43. The Morgan fingerprint density at radius 2 is 1.83 bits per heavy atom. The van der Waals surface area contributed by atoms with Crippen LogP contribution in [0, 0.1) is 0 Å². The summed E-state index contributed by atoms with van der Waals surface area (Å²) in [6.45, 7) is 0. The zero-order chi connectivity index (χ0) is 12.6. The SMILES string of the molecule is N/C(=C\C=C/Cc1ccccn1)c1ccccn1. The van der Waals surface area contributed by atoms with Crippen molar-refractivity contribution in [2.24, 2.45) is 5.73 Å². The van der Waals surface area contributed by atoms with Crippen molar-refractivity contribution in [3.63, 3.8) is 0 Å². The third-order valence-corrected chi connectivity index (χ3v) is 2.43. The monoisotopic (exact) mass is 237 g/mol. The fourth-order valence-electron chi connectivity index (χ4n) is 1.50. The predicted octanol–water partition coefficient (Wildman–Crippen LogP) is 2.58. The van der Waals surface area contributed by atoms with Crippen LogP contribution in [0.4, 0.5) is 0 Å². The Morgan fingerprint density at radius 3 is 2.50 bits per heavy atom. The highest BCUT2D eigenvalue weighted by atomic mass is 14.7. The number of nitrogens with zero attached hydrogens (tertiary/aromatic N) is 2. The first kappa shape index (κ1) is 12.0. The van der Waals surface area contributed by atoms with E-state index in [2.05, 4.69) is 9.97 Å². The lowest BCUT2D eigenvalue weighted by Gasteiger charge is -1.97. The van der Waals surface area contributed by atoms with Crippen molar-refractivity contribution in [3.05, 3.63) is 78.4 Å². The van der Waals surface area contributed by atoms with Crippen molar-refractivity contribution in [1.82, 2.24) is 9.97 Å². The van der Waals surface area contributed by atoms with E-state index in [9.17, 15) is 0 Å². The van der Waals surface area contributed by atoms with Gasteiger partial charge in [0.05, 0.1) is 11.4 Å². The maximum absolute atomic E-state index is 5.91. The maximum Gasteiger partial charge on any atom is 0.0858 e. The molecule has 18 heavy (non-hydrogen) atoms. The van der Waals surface area contributed by atoms with Crippen molar-refractivity contribution in [1.29, 1.82) is 0 Å². The topological polar surface area (TPSA) is 51.8 Å². The molecule has 2 heterocycles. The number of allylic oxidation sites excluding steroid dienone is 3. The molecule has 90 valence electrons. The van der Waals surface area contributed by atoms with E-state index in [4.69, 9.17) is 5.73 Å². The van der Waals surface area contributed by atoms with Gasteiger partial charge in [0.15, 0.2) is 0 Å². The molecule has 0 fully saturated rings. The zero-order valence-electron chi connectivity index (χ0n) is 10.0. The number of aromatic nitrogens is 2. The molecule has 3 heteroatoms. The second-order valence-corrected chi connectivity index (χ2v) is 3.79. The molecule has 0 aromatic carbocycles. The molecule has 2 aromatic rings. The second kappa shape index (κ2) is 6.35. The van der Waals surface area contributed by atoms with Crippen molar-refractivity contribution < 1.29 is 0 Å². The van der Waals surface area contributed by atoms with E-state index in [0.29, 0.717) is 5.70 Å². The number of hydrogen-bond acceptors (Lipinski definition) is 3. The molecule has 3 nitrogen and oxygen atoms in total. The standard InChI is InChI=1S/C15H15N3/c16-14(15-10-4-6-12-18-15)9-2-1-7-13-8-3-5-11-17-13/h1-6,8-12H,7,16H2/b2-1-,14-9-. The van der Waals surface area contributed by atoms with Crippen molar-refractivity contribution in [3.8, 4) is 0 Å². The van der Waals surface area contributed by atoms with Crippen LogP contribution in [0.3, 0.4) is 0 Å². The van der Waals surface area contributed by atoms with E-state index in [-0.39, 0.29) is 0 Å². The van der Waals surface area contributed by atoms with Crippen LogP contribution in [0.2, 0.25) is 0 Å². The Labute approximate surface area is 107 Å². The summed E-state index contributed by atoms with van der Waals surface area (Å²) >= 11 is 0. The second-order valence-electron chi connectivity index (χ2n) is 3.79. The summed E-state index contributed by atoms with van der Waals surface area (Å²) in [5, 5.41) is 0. The van der Waals surface area contributed by atoms with Crippen molar-refractivity contribution >= 4 is 5.70 Å². The third kappa shape index (κ3) is 3.56. The minimum absolute atomic E-state index is 0.660. The Kier molecular flexibility index (Phi) is 4.25. The van der Waals surface area contributed by atoms with Gasteiger partial charge in [-0.2, -0.15) is 0 Å². The van der Waals surface area contributed by atoms with Gasteiger partial charge in [-0.05, 0) is 30.3 Å². The van der Waals surface area contributed by atoms with Crippen LogP contribution in [-0.4, -0.2) is 9.97 Å². The molecule has 2 N–H and O–H groups in total. The van der Waals surface area contributed by atoms with E-state index in [1.54, 1.807) is 12.4 Å². The molecular formula is C15H15N3. The molecule has 0 aliphatic rings.